The number of benzene rings is 1. The van der Waals surface area contributed by atoms with Gasteiger partial charge in [0.1, 0.15) is 12.3 Å². The predicted octanol–water partition coefficient (Wildman–Crippen LogP) is 1.27. The van der Waals surface area contributed by atoms with Gasteiger partial charge in [0.25, 0.3) is 11.8 Å². The van der Waals surface area contributed by atoms with Crippen LogP contribution in [0.25, 0.3) is 0 Å². The van der Waals surface area contributed by atoms with Crippen LogP contribution in [0.5, 0.6) is 5.75 Å². The predicted molar refractivity (Wildman–Crippen MR) is 91.2 cm³/mol. The van der Waals surface area contributed by atoms with Gasteiger partial charge in [-0.3, -0.25) is 14.4 Å². The fraction of sp³-hybridized carbons (Fsp3) is 0.500. The van der Waals surface area contributed by atoms with Gasteiger partial charge in [-0.1, -0.05) is 12.1 Å². The number of rotatable bonds is 9. The molecule has 136 valence electrons. The van der Waals surface area contributed by atoms with Gasteiger partial charge in [-0.25, -0.2) is 0 Å². The Bertz CT molecular complexity index is 628. The lowest BCUT2D eigenvalue weighted by molar-refractivity contribution is -0.147. The Labute approximate surface area is 147 Å². The van der Waals surface area contributed by atoms with E-state index in [2.05, 4.69) is 10.6 Å². The smallest absolute Gasteiger partial charge is 0.325 e. The van der Waals surface area contributed by atoms with E-state index in [1.54, 1.807) is 24.3 Å². The number of esters is 1. The van der Waals surface area contributed by atoms with E-state index >= 15 is 0 Å². The van der Waals surface area contributed by atoms with Crippen molar-refractivity contribution in [3.63, 3.8) is 0 Å². The van der Waals surface area contributed by atoms with Crippen molar-refractivity contribution < 1.29 is 23.9 Å². The summed E-state index contributed by atoms with van der Waals surface area (Å²) in [4.78, 5) is 35.5. The Morgan fingerprint density at radius 3 is 2.64 bits per heavy atom. The van der Waals surface area contributed by atoms with Crippen molar-refractivity contribution in [1.29, 1.82) is 0 Å². The van der Waals surface area contributed by atoms with Gasteiger partial charge in [0.2, 0.25) is 0 Å². The first-order valence-corrected chi connectivity index (χ1v) is 8.46. The molecule has 25 heavy (non-hydrogen) atoms. The average molecular weight is 348 g/mol. The highest BCUT2D eigenvalue weighted by atomic mass is 16.5. The van der Waals surface area contributed by atoms with Crippen LogP contribution in [0.15, 0.2) is 24.3 Å². The Kier molecular flexibility index (Phi) is 6.80. The van der Waals surface area contributed by atoms with Crippen molar-refractivity contribution >= 4 is 17.8 Å². The molecule has 1 saturated carbocycles. The minimum Gasteiger partial charge on any atom is -0.493 e. The van der Waals surface area contributed by atoms with Crippen LogP contribution in [0.2, 0.25) is 0 Å². The Hall–Kier alpha value is -2.57. The van der Waals surface area contributed by atoms with E-state index in [0.717, 1.165) is 12.8 Å². The molecule has 0 aliphatic heterocycles. The largest absolute Gasteiger partial charge is 0.493 e. The van der Waals surface area contributed by atoms with Crippen LogP contribution in [0.3, 0.4) is 0 Å². The minimum absolute atomic E-state index is 0.0981. The van der Waals surface area contributed by atoms with Crippen LogP contribution < -0.4 is 15.4 Å². The number of carbonyl (C=O) groups is 3. The third-order valence-electron chi connectivity index (χ3n) is 3.91. The number of amides is 2. The monoisotopic (exact) mass is 348 g/mol. The summed E-state index contributed by atoms with van der Waals surface area (Å²) in [5.74, 6) is -0.460. The summed E-state index contributed by atoms with van der Waals surface area (Å²) in [6.07, 6.45) is 2.24. The van der Waals surface area contributed by atoms with E-state index in [1.807, 2.05) is 13.8 Å². The van der Waals surface area contributed by atoms with Crippen LogP contribution in [-0.2, 0) is 14.3 Å². The Morgan fingerprint density at radius 2 is 1.96 bits per heavy atom. The second-order valence-electron chi connectivity index (χ2n) is 5.97. The van der Waals surface area contributed by atoms with E-state index in [4.69, 9.17) is 9.47 Å². The average Bonchev–Trinajstić information content (AvgIpc) is 3.43. The van der Waals surface area contributed by atoms with Crippen molar-refractivity contribution in [3.8, 4) is 5.75 Å². The molecule has 0 saturated heterocycles. The molecule has 1 aliphatic carbocycles. The maximum absolute atomic E-state index is 12.1. The molecule has 0 unspecified atom stereocenters. The fourth-order valence-corrected chi connectivity index (χ4v) is 2.39. The molecule has 7 heteroatoms. The molecule has 2 rings (SSSR count). The molecule has 0 aromatic heterocycles. The van der Waals surface area contributed by atoms with E-state index < -0.39 is 11.9 Å². The molecule has 1 aliphatic rings. The third-order valence-corrected chi connectivity index (χ3v) is 3.91. The SMILES string of the molecule is CCOc1ccccc1C(=O)NCC(=O)OCC(=O)N[C@H](C)C1CC1. The molecular weight excluding hydrogens is 324 g/mol. The minimum atomic E-state index is -0.670. The summed E-state index contributed by atoms with van der Waals surface area (Å²) in [7, 11) is 0. The van der Waals surface area contributed by atoms with Gasteiger partial charge in [0.15, 0.2) is 6.61 Å². The standard InChI is InChI=1S/C18H24N2O5/c1-3-24-15-7-5-4-6-14(15)18(23)19-10-17(22)25-11-16(21)20-12(2)13-8-9-13/h4-7,12-13H,3,8-11H2,1-2H3,(H,19,23)(H,20,21)/t12-/m1/s1. The second kappa shape index (κ2) is 9.05. The number of hydrogen-bond acceptors (Lipinski definition) is 5. The molecule has 0 bridgehead atoms. The zero-order valence-corrected chi connectivity index (χ0v) is 14.5. The van der Waals surface area contributed by atoms with E-state index in [0.29, 0.717) is 23.8 Å². The quantitative estimate of drug-likeness (QED) is 0.656. The maximum atomic E-state index is 12.1. The van der Waals surface area contributed by atoms with Gasteiger partial charge in [-0.05, 0) is 44.7 Å². The van der Waals surface area contributed by atoms with Crippen molar-refractivity contribution in [2.24, 2.45) is 5.92 Å². The molecule has 0 spiro atoms. The first-order valence-electron chi connectivity index (χ1n) is 8.46. The molecular formula is C18H24N2O5. The maximum Gasteiger partial charge on any atom is 0.325 e. The summed E-state index contributed by atoms with van der Waals surface area (Å²) >= 11 is 0. The van der Waals surface area contributed by atoms with Crippen LogP contribution >= 0.6 is 0 Å². The number of carbonyl (C=O) groups excluding carboxylic acids is 3. The van der Waals surface area contributed by atoms with Crippen molar-refractivity contribution in [3.05, 3.63) is 29.8 Å². The van der Waals surface area contributed by atoms with Gasteiger partial charge in [-0.15, -0.1) is 0 Å². The Morgan fingerprint density at radius 1 is 1.24 bits per heavy atom. The summed E-state index contributed by atoms with van der Waals surface area (Å²) in [5.41, 5.74) is 0.341. The molecule has 0 heterocycles. The Balaban J connectivity index is 1.72. The number of nitrogens with one attached hydrogen (secondary N) is 2. The molecule has 1 fully saturated rings. The second-order valence-corrected chi connectivity index (χ2v) is 5.97. The van der Waals surface area contributed by atoms with Crippen molar-refractivity contribution in [1.82, 2.24) is 10.6 Å². The van der Waals surface area contributed by atoms with Crippen LogP contribution in [-0.4, -0.2) is 43.6 Å². The first-order chi connectivity index (χ1) is 12.0. The number of hydrogen-bond donors (Lipinski definition) is 2. The summed E-state index contributed by atoms with van der Waals surface area (Å²) in [5, 5.41) is 5.25. The number of para-hydroxylation sites is 1. The zero-order valence-electron chi connectivity index (χ0n) is 14.5. The normalized spacial score (nSPS) is 14.3. The third kappa shape index (κ3) is 6.10. The molecule has 2 amide bonds. The van der Waals surface area contributed by atoms with Gasteiger partial charge in [-0.2, -0.15) is 0 Å². The lowest BCUT2D eigenvalue weighted by atomic mass is 10.2. The van der Waals surface area contributed by atoms with Gasteiger partial charge in [0, 0.05) is 6.04 Å². The van der Waals surface area contributed by atoms with E-state index in [9.17, 15) is 14.4 Å². The molecule has 1 aromatic rings. The summed E-state index contributed by atoms with van der Waals surface area (Å²) in [6, 6.07) is 6.86. The summed E-state index contributed by atoms with van der Waals surface area (Å²) in [6.45, 7) is 3.53. The van der Waals surface area contributed by atoms with Crippen molar-refractivity contribution in [2.45, 2.75) is 32.7 Å². The van der Waals surface area contributed by atoms with Crippen molar-refractivity contribution in [2.75, 3.05) is 19.8 Å². The molecule has 1 aromatic carbocycles. The molecule has 7 nitrogen and oxygen atoms in total. The van der Waals surface area contributed by atoms with Crippen LogP contribution in [0.1, 0.15) is 37.0 Å². The topological polar surface area (TPSA) is 93.7 Å². The molecule has 2 N–H and O–H groups in total. The van der Waals surface area contributed by atoms with Gasteiger partial charge in [0.05, 0.1) is 12.2 Å². The fourth-order valence-electron chi connectivity index (χ4n) is 2.39. The molecule has 0 radical (unpaired) electrons. The van der Waals surface area contributed by atoms with E-state index in [1.165, 1.54) is 0 Å². The highest BCUT2D eigenvalue weighted by molar-refractivity contribution is 5.98. The first kappa shape index (κ1) is 18.8. The highest BCUT2D eigenvalue weighted by Crippen LogP contribution is 2.32. The van der Waals surface area contributed by atoms with Crippen LogP contribution in [0.4, 0.5) is 0 Å². The lowest BCUT2D eigenvalue weighted by Crippen LogP contribution is -2.38. The van der Waals surface area contributed by atoms with Gasteiger partial charge >= 0.3 is 5.97 Å². The zero-order chi connectivity index (χ0) is 18.2. The van der Waals surface area contributed by atoms with Gasteiger partial charge < -0.3 is 20.1 Å². The molecule has 1 atom stereocenters. The lowest BCUT2D eigenvalue weighted by Gasteiger charge is -2.13. The number of ether oxygens (including phenoxy) is 2. The highest BCUT2D eigenvalue weighted by Gasteiger charge is 2.29. The summed E-state index contributed by atoms with van der Waals surface area (Å²) < 4.78 is 10.2. The van der Waals surface area contributed by atoms with Crippen LogP contribution in [0, 0.1) is 5.92 Å². The van der Waals surface area contributed by atoms with E-state index in [-0.39, 0.29) is 25.1 Å².